The molecule has 10 atom stereocenters. The lowest BCUT2D eigenvalue weighted by Crippen LogP contribution is -2.61. The zero-order valence-electron chi connectivity index (χ0n) is 31.7. The maximum atomic E-state index is 14.5. The Morgan fingerprint density at radius 1 is 1.12 bits per heavy atom. The van der Waals surface area contributed by atoms with Crippen LogP contribution in [-0.2, 0) is 42.5 Å². The highest BCUT2D eigenvalue weighted by Gasteiger charge is 2.62. The van der Waals surface area contributed by atoms with Gasteiger partial charge >= 0.3 is 5.97 Å². The first-order valence-electron chi connectivity index (χ1n) is 18.3. The van der Waals surface area contributed by atoms with Gasteiger partial charge in [0.05, 0.1) is 37.8 Å². The average molecular weight is 737 g/mol. The van der Waals surface area contributed by atoms with Crippen molar-refractivity contribution >= 4 is 24.4 Å². The van der Waals surface area contributed by atoms with Crippen molar-refractivity contribution in [2.45, 2.75) is 147 Å². The lowest BCUT2D eigenvalue weighted by atomic mass is 9.70. The van der Waals surface area contributed by atoms with Crippen LogP contribution >= 0.6 is 0 Å². The van der Waals surface area contributed by atoms with Gasteiger partial charge in [-0.1, -0.05) is 70.6 Å². The van der Waals surface area contributed by atoms with Crippen molar-refractivity contribution in [3.05, 3.63) is 47.1 Å². The van der Waals surface area contributed by atoms with Crippen LogP contribution in [0, 0.1) is 17.8 Å². The topological polar surface area (TPSA) is 127 Å². The summed E-state index contributed by atoms with van der Waals surface area (Å²) in [4.78, 5) is 14.5. The molecule has 10 nitrogen and oxygen atoms in total. The predicted octanol–water partition coefficient (Wildman–Crippen LogP) is 6.52. The van der Waals surface area contributed by atoms with E-state index in [1.807, 2.05) is 12.2 Å². The van der Waals surface area contributed by atoms with Gasteiger partial charge in [0.15, 0.2) is 14.1 Å². The molecule has 0 unspecified atom stereocenters. The van der Waals surface area contributed by atoms with Crippen molar-refractivity contribution in [1.82, 2.24) is 0 Å². The quantitative estimate of drug-likeness (QED) is 0.144. The van der Waals surface area contributed by atoms with Gasteiger partial charge in [-0.15, -0.1) is 0 Å². The molecule has 1 aliphatic carbocycles. The van der Waals surface area contributed by atoms with E-state index in [9.17, 15) is 18.3 Å². The smallest absolute Gasteiger partial charge is 0.316 e. The Hall–Kier alpha value is -1.64. The summed E-state index contributed by atoms with van der Waals surface area (Å²) in [6.45, 7) is 18.7. The van der Waals surface area contributed by atoms with Crippen molar-refractivity contribution in [3.8, 4) is 0 Å². The minimum absolute atomic E-state index is 0.0112. The van der Waals surface area contributed by atoms with Gasteiger partial charge in [-0.25, -0.2) is 0 Å². The zero-order valence-corrected chi connectivity index (χ0v) is 33.5. The summed E-state index contributed by atoms with van der Waals surface area (Å²) in [6.07, 6.45) is 12.1. The summed E-state index contributed by atoms with van der Waals surface area (Å²) in [5, 5.41) is 12.7. The first-order chi connectivity index (χ1) is 23.1. The van der Waals surface area contributed by atoms with Gasteiger partial charge in [0.1, 0.15) is 23.7 Å². The van der Waals surface area contributed by atoms with E-state index in [1.165, 1.54) is 5.57 Å². The van der Waals surface area contributed by atoms with E-state index in [4.69, 9.17) is 27.6 Å². The summed E-state index contributed by atoms with van der Waals surface area (Å²) >= 11 is 0. The third-order valence-corrected chi connectivity index (χ3v) is 16.8. The molecule has 5 aliphatic rings. The molecular formula is C38H60O10SSi. The SMILES string of the molecule is C/C1=C\C[C@@H]2C[C@@H](C[C@]3(CC[C@H](C)[C@@H](C)O3)O2)OC(=O)[C@@H]2C=C(COS(C)(=O)=O)[C@@H](O[Si](C)(C)C(C)(C)C)[C@H]3OC/C(=C\C=C\[C@H](C)C1)[C@]32O. The Bertz CT molecular complexity index is 1510. The molecule has 282 valence electrons. The van der Waals surface area contributed by atoms with Gasteiger partial charge < -0.3 is 28.5 Å². The number of hydrogen-bond donors (Lipinski definition) is 1. The van der Waals surface area contributed by atoms with E-state index in [0.29, 0.717) is 42.7 Å². The second kappa shape index (κ2) is 14.6. The minimum Gasteiger partial charge on any atom is -0.462 e. The number of rotatable bonds is 5. The van der Waals surface area contributed by atoms with E-state index >= 15 is 0 Å². The molecule has 0 aromatic carbocycles. The second-order valence-electron chi connectivity index (χ2n) is 17.1. The molecule has 3 saturated heterocycles. The summed E-state index contributed by atoms with van der Waals surface area (Å²) in [7, 11) is -6.36. The lowest BCUT2D eigenvalue weighted by Gasteiger charge is -2.50. The van der Waals surface area contributed by atoms with Crippen LogP contribution in [0.3, 0.4) is 0 Å². The van der Waals surface area contributed by atoms with Crippen LogP contribution in [0.15, 0.2) is 47.1 Å². The van der Waals surface area contributed by atoms with Gasteiger partial charge in [-0.3, -0.25) is 8.98 Å². The summed E-state index contributed by atoms with van der Waals surface area (Å²) in [5.74, 6) is -2.09. The maximum Gasteiger partial charge on any atom is 0.316 e. The molecule has 4 heterocycles. The summed E-state index contributed by atoms with van der Waals surface area (Å²) in [6, 6.07) is 0. The molecule has 3 fully saturated rings. The highest BCUT2D eigenvalue weighted by atomic mass is 32.2. The number of aliphatic hydroxyl groups is 1. The number of carbonyl (C=O) groups excluding carboxylic acids is 1. The number of carbonyl (C=O) groups is 1. The average Bonchev–Trinajstić information content (AvgIpc) is 3.32. The molecule has 2 bridgehead atoms. The monoisotopic (exact) mass is 736 g/mol. The molecule has 0 aromatic rings. The van der Waals surface area contributed by atoms with E-state index in [2.05, 4.69) is 73.7 Å². The fourth-order valence-corrected chi connectivity index (χ4v) is 9.29. The van der Waals surface area contributed by atoms with Crippen LogP contribution in [0.2, 0.25) is 18.1 Å². The van der Waals surface area contributed by atoms with Crippen molar-refractivity contribution in [1.29, 1.82) is 0 Å². The van der Waals surface area contributed by atoms with Gasteiger partial charge in [0.2, 0.25) is 0 Å². The molecule has 0 amide bonds. The first kappa shape index (κ1) is 39.6. The van der Waals surface area contributed by atoms with Gasteiger partial charge in [0.25, 0.3) is 10.1 Å². The molecule has 4 aliphatic heterocycles. The predicted molar refractivity (Wildman–Crippen MR) is 194 cm³/mol. The molecule has 12 heteroatoms. The Labute approximate surface area is 300 Å². The minimum atomic E-state index is -3.84. The van der Waals surface area contributed by atoms with Crippen LogP contribution in [0.5, 0.6) is 0 Å². The number of ether oxygens (including phenoxy) is 4. The third-order valence-electron chi connectivity index (χ3n) is 11.8. The molecule has 0 radical (unpaired) electrons. The summed E-state index contributed by atoms with van der Waals surface area (Å²) < 4.78 is 62.7. The number of esters is 1. The molecule has 50 heavy (non-hydrogen) atoms. The molecular weight excluding hydrogens is 677 g/mol. The maximum absolute atomic E-state index is 14.5. The summed E-state index contributed by atoms with van der Waals surface area (Å²) in [5.41, 5.74) is 0.402. The number of allylic oxidation sites excluding steroid dienone is 4. The second-order valence-corrected chi connectivity index (χ2v) is 23.5. The Morgan fingerprint density at radius 3 is 2.50 bits per heavy atom. The number of fused-ring (bicyclic) bond motifs is 2. The Morgan fingerprint density at radius 2 is 1.84 bits per heavy atom. The van der Waals surface area contributed by atoms with Crippen LogP contribution in [0.25, 0.3) is 0 Å². The van der Waals surface area contributed by atoms with Gasteiger partial charge in [0, 0.05) is 19.3 Å². The highest BCUT2D eigenvalue weighted by Crippen LogP contribution is 2.50. The van der Waals surface area contributed by atoms with E-state index < -0.39 is 60.0 Å². The normalized spacial score (nSPS) is 41.7. The van der Waals surface area contributed by atoms with Crippen molar-refractivity contribution in [2.24, 2.45) is 17.8 Å². The van der Waals surface area contributed by atoms with Gasteiger partial charge in [-0.05, 0) is 74.2 Å². The van der Waals surface area contributed by atoms with Crippen molar-refractivity contribution < 1.29 is 45.9 Å². The molecule has 1 N–H and O–H groups in total. The molecule has 1 spiro atoms. The van der Waals surface area contributed by atoms with Crippen molar-refractivity contribution in [3.63, 3.8) is 0 Å². The van der Waals surface area contributed by atoms with E-state index in [-0.39, 0.29) is 36.4 Å². The largest absolute Gasteiger partial charge is 0.462 e. The Kier molecular flexibility index (Phi) is 11.6. The highest BCUT2D eigenvalue weighted by molar-refractivity contribution is 7.86. The van der Waals surface area contributed by atoms with Gasteiger partial charge in [-0.2, -0.15) is 8.42 Å². The van der Waals surface area contributed by atoms with Crippen LogP contribution in [-0.4, -0.2) is 89.2 Å². The Balaban J connectivity index is 1.60. The first-order valence-corrected chi connectivity index (χ1v) is 23.0. The lowest BCUT2D eigenvalue weighted by molar-refractivity contribution is -0.332. The van der Waals surface area contributed by atoms with E-state index in [1.54, 1.807) is 6.08 Å². The van der Waals surface area contributed by atoms with Crippen LogP contribution < -0.4 is 0 Å². The van der Waals surface area contributed by atoms with E-state index in [0.717, 1.165) is 19.1 Å². The van der Waals surface area contributed by atoms with Crippen molar-refractivity contribution in [2.75, 3.05) is 19.5 Å². The van der Waals surface area contributed by atoms with Crippen LogP contribution in [0.1, 0.15) is 87.0 Å². The van der Waals surface area contributed by atoms with Crippen LogP contribution in [0.4, 0.5) is 0 Å². The molecule has 5 rings (SSSR count). The standard InChI is InChI=1S/C38H60O10SSi/c1-24-12-11-13-29-23-43-34-33(48-50(9,10)36(5,6)7)28(22-44-49(8,41)42)19-32(38(29,34)40)35(39)45-31-20-30(15-14-25(2)18-24)47-37(21-31)17-16-26(3)27(4)46-37/h11-14,19,24,26-27,30-34,40H,15-18,20-23H2,1-10H3/b12-11+,25-14+,29-13+/t24-,26-,27+,30+,31-,32-,33+,34+,37-,38+/m0/s1. The fraction of sp³-hybridized carbons (Fsp3) is 0.763. The zero-order chi connectivity index (χ0) is 36.9. The molecule has 0 aromatic heterocycles. The third kappa shape index (κ3) is 8.59. The number of hydrogen-bond acceptors (Lipinski definition) is 10. The molecule has 0 saturated carbocycles. The fourth-order valence-electron chi connectivity index (χ4n) is 7.68.